The summed E-state index contributed by atoms with van der Waals surface area (Å²) in [5.74, 6) is 1.16. The van der Waals surface area contributed by atoms with Crippen molar-refractivity contribution in [2.45, 2.75) is 13.5 Å². The predicted molar refractivity (Wildman–Crippen MR) is 97.1 cm³/mol. The van der Waals surface area contributed by atoms with Crippen molar-refractivity contribution >= 4 is 28.9 Å². The Morgan fingerprint density at radius 2 is 1.91 bits per heavy atom. The van der Waals surface area contributed by atoms with E-state index < -0.39 is 0 Å². The van der Waals surface area contributed by atoms with E-state index in [-0.39, 0.29) is 0 Å². The van der Waals surface area contributed by atoms with Crippen LogP contribution in [-0.2, 0) is 6.54 Å². The van der Waals surface area contributed by atoms with Crippen molar-refractivity contribution in [2.24, 2.45) is 0 Å². The molecule has 0 aliphatic rings. The predicted octanol–water partition coefficient (Wildman–Crippen LogP) is 5.57. The summed E-state index contributed by atoms with van der Waals surface area (Å²) < 4.78 is 11.2. The van der Waals surface area contributed by atoms with Crippen molar-refractivity contribution in [2.75, 3.05) is 18.5 Å². The Morgan fingerprint density at radius 1 is 1.13 bits per heavy atom. The zero-order valence-corrected chi connectivity index (χ0v) is 14.5. The van der Waals surface area contributed by atoms with Crippen molar-refractivity contribution in [3.63, 3.8) is 0 Å². The highest BCUT2D eigenvalue weighted by Crippen LogP contribution is 2.37. The molecule has 23 heavy (non-hydrogen) atoms. The maximum Gasteiger partial charge on any atom is 0.180 e. The van der Waals surface area contributed by atoms with Crippen LogP contribution in [0.5, 0.6) is 11.5 Å². The molecule has 0 aliphatic carbocycles. The molecule has 0 saturated heterocycles. The average molecular weight is 352 g/mol. The Hall–Kier alpha value is -1.84. The minimum absolute atomic E-state index is 0.372. The zero-order chi connectivity index (χ0) is 16.7. The third-order valence-electron chi connectivity index (χ3n) is 3.07. The molecule has 0 saturated carbocycles. The maximum absolute atomic E-state index is 6.33. The van der Waals surface area contributed by atoms with Gasteiger partial charge in [0.2, 0.25) is 0 Å². The monoisotopic (exact) mass is 351 g/mol. The summed E-state index contributed by atoms with van der Waals surface area (Å²) in [5, 5.41) is 4.47. The first kappa shape index (κ1) is 17.5. The lowest BCUT2D eigenvalue weighted by Crippen LogP contribution is -2.04. The highest BCUT2D eigenvalue weighted by Gasteiger charge is 2.12. The fourth-order valence-corrected chi connectivity index (χ4v) is 2.56. The third kappa shape index (κ3) is 4.81. The number of rotatable bonds is 8. The number of benzene rings is 2. The van der Waals surface area contributed by atoms with Gasteiger partial charge in [-0.3, -0.25) is 0 Å². The molecule has 2 rings (SSSR count). The van der Waals surface area contributed by atoms with Gasteiger partial charge >= 0.3 is 0 Å². The smallest absolute Gasteiger partial charge is 0.180 e. The van der Waals surface area contributed by atoms with Crippen molar-refractivity contribution in [3.05, 3.63) is 64.7 Å². The summed E-state index contributed by atoms with van der Waals surface area (Å²) in [4.78, 5) is 0. The molecular weight excluding hydrogens is 333 g/mol. The fourth-order valence-electron chi connectivity index (χ4n) is 2.07. The normalized spacial score (nSPS) is 10.2. The van der Waals surface area contributed by atoms with Gasteiger partial charge in [-0.05, 0) is 36.8 Å². The van der Waals surface area contributed by atoms with Gasteiger partial charge in [0.25, 0.3) is 0 Å². The number of hydrogen-bond donors (Lipinski definition) is 1. The van der Waals surface area contributed by atoms with Gasteiger partial charge in [0.15, 0.2) is 11.5 Å². The molecule has 5 heteroatoms. The number of anilines is 1. The lowest BCUT2D eigenvalue weighted by atomic mass is 10.2. The molecule has 2 aromatic rings. The molecule has 0 aliphatic heterocycles. The van der Waals surface area contributed by atoms with E-state index in [4.69, 9.17) is 32.7 Å². The van der Waals surface area contributed by atoms with Crippen molar-refractivity contribution < 1.29 is 9.47 Å². The Labute approximate surface area is 146 Å². The van der Waals surface area contributed by atoms with Crippen LogP contribution in [-0.4, -0.2) is 13.2 Å². The van der Waals surface area contributed by atoms with Crippen LogP contribution in [0.25, 0.3) is 0 Å². The van der Waals surface area contributed by atoms with Crippen LogP contribution in [0.4, 0.5) is 5.69 Å². The Morgan fingerprint density at radius 3 is 2.61 bits per heavy atom. The minimum atomic E-state index is 0.372. The largest absolute Gasteiger partial charge is 0.490 e. The standard InChI is InChI=1S/C18H19Cl2NO2/c1-3-9-23-18-15(20)10-13(11-17(18)22-4-2)12-21-16-8-6-5-7-14(16)19/h3,5-8,10-11,21H,1,4,9,12H2,2H3. The molecule has 0 spiro atoms. The number of hydrogen-bond acceptors (Lipinski definition) is 3. The van der Waals surface area contributed by atoms with Gasteiger partial charge in [-0.2, -0.15) is 0 Å². The summed E-state index contributed by atoms with van der Waals surface area (Å²) in [6.45, 7) is 7.03. The molecule has 2 aromatic carbocycles. The van der Waals surface area contributed by atoms with E-state index in [0.717, 1.165) is 11.3 Å². The van der Waals surface area contributed by atoms with Gasteiger partial charge < -0.3 is 14.8 Å². The lowest BCUT2D eigenvalue weighted by molar-refractivity contribution is 0.297. The summed E-state index contributed by atoms with van der Waals surface area (Å²) in [6.07, 6.45) is 1.67. The molecule has 0 fully saturated rings. The minimum Gasteiger partial charge on any atom is -0.490 e. The van der Waals surface area contributed by atoms with Crippen LogP contribution >= 0.6 is 23.2 Å². The zero-order valence-electron chi connectivity index (χ0n) is 12.9. The second-order valence-corrected chi connectivity index (χ2v) is 5.59. The second kappa shape index (κ2) is 8.70. The number of nitrogens with one attached hydrogen (secondary N) is 1. The molecule has 1 N–H and O–H groups in total. The highest BCUT2D eigenvalue weighted by atomic mass is 35.5. The highest BCUT2D eigenvalue weighted by molar-refractivity contribution is 6.33. The molecular formula is C18H19Cl2NO2. The van der Waals surface area contributed by atoms with Crippen LogP contribution in [0.2, 0.25) is 10.0 Å². The molecule has 0 bridgehead atoms. The van der Waals surface area contributed by atoms with Gasteiger partial charge in [0.05, 0.1) is 22.3 Å². The first-order valence-corrected chi connectivity index (χ1v) is 8.08. The van der Waals surface area contributed by atoms with E-state index in [1.807, 2.05) is 43.3 Å². The van der Waals surface area contributed by atoms with E-state index in [1.165, 1.54) is 0 Å². The molecule has 0 aromatic heterocycles. The Kier molecular flexibility index (Phi) is 6.63. The molecule has 122 valence electrons. The van der Waals surface area contributed by atoms with Crippen LogP contribution in [0.15, 0.2) is 49.1 Å². The molecule has 0 radical (unpaired) electrons. The van der Waals surface area contributed by atoms with E-state index in [9.17, 15) is 0 Å². The van der Waals surface area contributed by atoms with Gasteiger partial charge in [0.1, 0.15) is 6.61 Å². The lowest BCUT2D eigenvalue weighted by Gasteiger charge is -2.15. The van der Waals surface area contributed by atoms with Crippen LogP contribution in [0, 0.1) is 0 Å². The number of para-hydroxylation sites is 1. The summed E-state index contributed by atoms with van der Waals surface area (Å²) in [5.41, 5.74) is 1.85. The second-order valence-electron chi connectivity index (χ2n) is 4.77. The SMILES string of the molecule is C=CCOc1c(Cl)cc(CNc2ccccc2Cl)cc1OCC. The summed E-state index contributed by atoms with van der Waals surface area (Å²) >= 11 is 12.5. The quantitative estimate of drug-likeness (QED) is 0.630. The van der Waals surface area contributed by atoms with Crippen LogP contribution in [0.3, 0.4) is 0 Å². The Balaban J connectivity index is 2.19. The van der Waals surface area contributed by atoms with E-state index in [1.54, 1.807) is 6.08 Å². The fraction of sp³-hybridized carbons (Fsp3) is 0.222. The Bertz CT molecular complexity index is 674. The average Bonchev–Trinajstić information content (AvgIpc) is 2.54. The molecule has 0 heterocycles. The first-order valence-electron chi connectivity index (χ1n) is 7.33. The number of halogens is 2. The molecule has 3 nitrogen and oxygen atoms in total. The van der Waals surface area contributed by atoms with E-state index in [2.05, 4.69) is 11.9 Å². The van der Waals surface area contributed by atoms with Gasteiger partial charge in [-0.25, -0.2) is 0 Å². The van der Waals surface area contributed by atoms with Crippen LogP contribution < -0.4 is 14.8 Å². The van der Waals surface area contributed by atoms with E-state index in [0.29, 0.717) is 41.3 Å². The van der Waals surface area contributed by atoms with E-state index >= 15 is 0 Å². The van der Waals surface area contributed by atoms with Crippen molar-refractivity contribution in [1.82, 2.24) is 0 Å². The first-order chi connectivity index (χ1) is 11.2. The third-order valence-corrected chi connectivity index (χ3v) is 3.68. The van der Waals surface area contributed by atoms with Gasteiger partial charge in [-0.1, -0.05) is 48.0 Å². The molecule has 0 atom stereocenters. The van der Waals surface area contributed by atoms with Gasteiger partial charge in [0, 0.05) is 6.54 Å². The van der Waals surface area contributed by atoms with Crippen molar-refractivity contribution in [1.29, 1.82) is 0 Å². The van der Waals surface area contributed by atoms with Crippen LogP contribution in [0.1, 0.15) is 12.5 Å². The molecule has 0 amide bonds. The topological polar surface area (TPSA) is 30.5 Å². The number of ether oxygens (including phenoxy) is 2. The maximum atomic E-state index is 6.33. The summed E-state index contributed by atoms with van der Waals surface area (Å²) in [7, 11) is 0. The molecule has 0 unspecified atom stereocenters. The van der Waals surface area contributed by atoms with Gasteiger partial charge in [-0.15, -0.1) is 0 Å². The van der Waals surface area contributed by atoms with Crippen molar-refractivity contribution in [3.8, 4) is 11.5 Å². The summed E-state index contributed by atoms with van der Waals surface area (Å²) in [6, 6.07) is 11.4.